The molecule has 0 saturated carbocycles. The zero-order valence-corrected chi connectivity index (χ0v) is 18.3. The highest BCUT2D eigenvalue weighted by molar-refractivity contribution is 5.80. The maximum absolute atomic E-state index is 13.2. The van der Waals surface area contributed by atoms with Crippen molar-refractivity contribution in [3.63, 3.8) is 0 Å². The van der Waals surface area contributed by atoms with Crippen LogP contribution >= 0.6 is 0 Å². The SMILES string of the molecule is COCCN(CC(C)C)C(=O)[C@@H](C)[C@@H](NC(=O)OC(C)(C)C)c1ccccc1. The molecule has 0 aromatic heterocycles. The van der Waals surface area contributed by atoms with E-state index in [9.17, 15) is 9.59 Å². The number of carbonyl (C=O) groups is 2. The molecule has 0 radical (unpaired) electrons. The monoisotopic (exact) mass is 392 g/mol. The predicted molar refractivity (Wildman–Crippen MR) is 111 cm³/mol. The highest BCUT2D eigenvalue weighted by atomic mass is 16.6. The summed E-state index contributed by atoms with van der Waals surface area (Å²) in [7, 11) is 1.62. The fourth-order valence-corrected chi connectivity index (χ4v) is 2.96. The highest BCUT2D eigenvalue weighted by Gasteiger charge is 2.31. The largest absolute Gasteiger partial charge is 0.444 e. The molecule has 28 heavy (non-hydrogen) atoms. The van der Waals surface area contributed by atoms with E-state index in [2.05, 4.69) is 19.2 Å². The number of carbonyl (C=O) groups excluding carboxylic acids is 2. The van der Waals surface area contributed by atoms with E-state index in [-0.39, 0.29) is 5.91 Å². The maximum atomic E-state index is 13.2. The third-order valence-corrected chi connectivity index (χ3v) is 4.18. The average Bonchev–Trinajstić information content (AvgIpc) is 2.61. The standard InChI is InChI=1S/C22H36N2O4/c1-16(2)15-24(13-14-27-7)20(25)17(3)19(18-11-9-8-10-12-18)23-21(26)28-22(4,5)6/h8-12,16-17,19H,13-15H2,1-7H3,(H,23,26)/t17-,19+/m0/s1. The number of ether oxygens (including phenoxy) is 2. The van der Waals surface area contributed by atoms with E-state index in [0.717, 1.165) is 5.56 Å². The van der Waals surface area contributed by atoms with Crippen molar-refractivity contribution in [2.24, 2.45) is 11.8 Å². The lowest BCUT2D eigenvalue weighted by Gasteiger charge is -2.32. The van der Waals surface area contributed by atoms with Crippen molar-refractivity contribution in [1.82, 2.24) is 10.2 Å². The third kappa shape index (κ3) is 8.30. The molecule has 1 rings (SSSR count). The molecule has 0 bridgehead atoms. The van der Waals surface area contributed by atoms with Crippen LogP contribution in [-0.2, 0) is 14.3 Å². The molecule has 0 fully saturated rings. The number of nitrogens with one attached hydrogen (secondary N) is 1. The molecule has 0 heterocycles. The third-order valence-electron chi connectivity index (χ3n) is 4.18. The van der Waals surface area contributed by atoms with Gasteiger partial charge >= 0.3 is 6.09 Å². The van der Waals surface area contributed by atoms with Gasteiger partial charge in [-0.15, -0.1) is 0 Å². The lowest BCUT2D eigenvalue weighted by Crippen LogP contribution is -2.45. The topological polar surface area (TPSA) is 67.9 Å². The van der Waals surface area contributed by atoms with Crippen LogP contribution in [0.4, 0.5) is 4.79 Å². The summed E-state index contributed by atoms with van der Waals surface area (Å²) in [6.07, 6.45) is -0.534. The lowest BCUT2D eigenvalue weighted by atomic mass is 9.93. The Morgan fingerprint density at radius 1 is 1.11 bits per heavy atom. The van der Waals surface area contributed by atoms with Gasteiger partial charge in [0, 0.05) is 20.2 Å². The molecule has 1 aromatic rings. The van der Waals surface area contributed by atoms with Gasteiger partial charge in [-0.05, 0) is 32.3 Å². The zero-order chi connectivity index (χ0) is 21.3. The molecule has 1 aromatic carbocycles. The molecule has 2 amide bonds. The minimum atomic E-state index is -0.610. The van der Waals surface area contributed by atoms with Crippen LogP contribution in [-0.4, -0.2) is 49.3 Å². The molecular formula is C22H36N2O4. The summed E-state index contributed by atoms with van der Waals surface area (Å²) in [5.74, 6) is -0.136. The van der Waals surface area contributed by atoms with Crippen LogP contribution in [0.3, 0.4) is 0 Å². The van der Waals surface area contributed by atoms with Gasteiger partial charge < -0.3 is 19.7 Å². The van der Waals surface area contributed by atoms with Crippen molar-refractivity contribution >= 4 is 12.0 Å². The molecule has 158 valence electrons. The summed E-state index contributed by atoms with van der Waals surface area (Å²) in [5.41, 5.74) is 0.256. The second kappa shape index (κ2) is 11.1. The van der Waals surface area contributed by atoms with Crippen LogP contribution in [0, 0.1) is 11.8 Å². The quantitative estimate of drug-likeness (QED) is 0.689. The highest BCUT2D eigenvalue weighted by Crippen LogP contribution is 2.25. The van der Waals surface area contributed by atoms with Crippen molar-refractivity contribution < 1.29 is 19.1 Å². The number of nitrogens with zero attached hydrogens (tertiary/aromatic N) is 1. The molecule has 0 aliphatic heterocycles. The molecule has 6 heteroatoms. The van der Waals surface area contributed by atoms with Crippen LogP contribution in [0.15, 0.2) is 30.3 Å². The summed E-state index contributed by atoms with van der Waals surface area (Å²) in [6, 6.07) is 9.03. The first kappa shape index (κ1) is 24.0. The number of hydrogen-bond acceptors (Lipinski definition) is 4. The normalized spacial score (nSPS) is 13.7. The van der Waals surface area contributed by atoms with Gasteiger partial charge in [0.15, 0.2) is 0 Å². The Morgan fingerprint density at radius 3 is 2.21 bits per heavy atom. The molecule has 0 spiro atoms. The van der Waals surface area contributed by atoms with E-state index in [1.165, 1.54) is 0 Å². The van der Waals surface area contributed by atoms with E-state index in [1.54, 1.807) is 7.11 Å². The zero-order valence-electron chi connectivity index (χ0n) is 18.3. The van der Waals surface area contributed by atoms with E-state index >= 15 is 0 Å². The van der Waals surface area contributed by atoms with Gasteiger partial charge in [-0.1, -0.05) is 51.1 Å². The molecule has 0 aliphatic rings. The van der Waals surface area contributed by atoms with Gasteiger partial charge in [-0.3, -0.25) is 4.79 Å². The summed E-state index contributed by atoms with van der Waals surface area (Å²) in [6.45, 7) is 13.1. The molecule has 6 nitrogen and oxygen atoms in total. The Morgan fingerprint density at radius 2 is 1.71 bits per heavy atom. The van der Waals surface area contributed by atoms with Crippen molar-refractivity contribution in [3.05, 3.63) is 35.9 Å². The van der Waals surface area contributed by atoms with Crippen LogP contribution in [0.1, 0.15) is 53.1 Å². The maximum Gasteiger partial charge on any atom is 0.408 e. The molecule has 0 saturated heterocycles. The second-order valence-electron chi connectivity index (χ2n) is 8.49. The van der Waals surface area contributed by atoms with Crippen LogP contribution < -0.4 is 5.32 Å². The first-order valence-electron chi connectivity index (χ1n) is 9.87. The minimum absolute atomic E-state index is 0.0179. The van der Waals surface area contributed by atoms with Crippen molar-refractivity contribution in [1.29, 1.82) is 0 Å². The van der Waals surface area contributed by atoms with Crippen LogP contribution in [0.2, 0.25) is 0 Å². The molecule has 2 atom stereocenters. The predicted octanol–water partition coefficient (Wildman–Crippen LogP) is 4.02. The van der Waals surface area contributed by atoms with Crippen molar-refractivity contribution in [3.8, 4) is 0 Å². The Balaban J connectivity index is 3.06. The van der Waals surface area contributed by atoms with E-state index in [0.29, 0.717) is 25.6 Å². The molecule has 0 aliphatic carbocycles. The fraction of sp³-hybridized carbons (Fsp3) is 0.636. The smallest absolute Gasteiger partial charge is 0.408 e. The van der Waals surface area contributed by atoms with Gasteiger partial charge in [0.05, 0.1) is 18.6 Å². The Hall–Kier alpha value is -2.08. The number of benzene rings is 1. The number of hydrogen-bond donors (Lipinski definition) is 1. The Labute approximate surface area is 169 Å². The van der Waals surface area contributed by atoms with Crippen LogP contribution in [0.25, 0.3) is 0 Å². The number of amides is 2. The summed E-state index contributed by atoms with van der Waals surface area (Å²) >= 11 is 0. The molecule has 0 unspecified atom stereocenters. The molecule has 1 N–H and O–H groups in total. The Bertz CT molecular complexity index is 611. The summed E-state index contributed by atoms with van der Waals surface area (Å²) in [5, 5.41) is 2.89. The van der Waals surface area contributed by atoms with E-state index < -0.39 is 23.7 Å². The second-order valence-corrected chi connectivity index (χ2v) is 8.49. The fourth-order valence-electron chi connectivity index (χ4n) is 2.96. The summed E-state index contributed by atoms with van der Waals surface area (Å²) in [4.78, 5) is 27.5. The van der Waals surface area contributed by atoms with E-state index in [4.69, 9.17) is 9.47 Å². The van der Waals surface area contributed by atoms with Gasteiger partial charge in [0.25, 0.3) is 0 Å². The van der Waals surface area contributed by atoms with E-state index in [1.807, 2.05) is 62.9 Å². The minimum Gasteiger partial charge on any atom is -0.444 e. The molecular weight excluding hydrogens is 356 g/mol. The first-order valence-corrected chi connectivity index (χ1v) is 9.87. The first-order chi connectivity index (χ1) is 13.0. The number of rotatable bonds is 9. The van der Waals surface area contributed by atoms with Gasteiger partial charge in [-0.25, -0.2) is 4.79 Å². The average molecular weight is 393 g/mol. The Kier molecular flexibility index (Phi) is 9.46. The van der Waals surface area contributed by atoms with Gasteiger partial charge in [0.2, 0.25) is 5.91 Å². The van der Waals surface area contributed by atoms with Crippen molar-refractivity contribution in [2.75, 3.05) is 26.8 Å². The van der Waals surface area contributed by atoms with Crippen molar-refractivity contribution in [2.45, 2.75) is 53.2 Å². The van der Waals surface area contributed by atoms with Gasteiger partial charge in [0.1, 0.15) is 5.60 Å². The number of alkyl carbamates (subject to hydrolysis) is 1. The lowest BCUT2D eigenvalue weighted by molar-refractivity contribution is -0.137. The van der Waals surface area contributed by atoms with Gasteiger partial charge in [-0.2, -0.15) is 0 Å². The summed E-state index contributed by atoms with van der Waals surface area (Å²) < 4.78 is 10.6. The number of methoxy groups -OCH3 is 1. The van der Waals surface area contributed by atoms with Crippen LogP contribution in [0.5, 0.6) is 0 Å².